The van der Waals surface area contributed by atoms with E-state index in [-0.39, 0.29) is 17.6 Å². The molecule has 0 radical (unpaired) electrons. The lowest BCUT2D eigenvalue weighted by Crippen LogP contribution is -2.56. The lowest BCUT2D eigenvalue weighted by molar-refractivity contribution is -0.0419. The highest BCUT2D eigenvalue weighted by molar-refractivity contribution is 5.50. The number of epoxide rings is 2. The van der Waals surface area contributed by atoms with E-state index in [1.165, 1.54) is 54.4 Å². The number of hydrogen-bond donors (Lipinski definition) is 0. The van der Waals surface area contributed by atoms with Crippen molar-refractivity contribution >= 4 is 0 Å². The molecular formula is C30H36O4. The van der Waals surface area contributed by atoms with E-state index in [1.807, 2.05) is 0 Å². The summed E-state index contributed by atoms with van der Waals surface area (Å²) < 4.78 is 22.9. The van der Waals surface area contributed by atoms with Crippen LogP contribution in [0.3, 0.4) is 0 Å². The third kappa shape index (κ3) is 3.56. The van der Waals surface area contributed by atoms with E-state index in [9.17, 15) is 0 Å². The maximum absolute atomic E-state index is 6.09. The fourth-order valence-electron chi connectivity index (χ4n) is 7.87. The summed E-state index contributed by atoms with van der Waals surface area (Å²) in [6.45, 7) is 7.40. The van der Waals surface area contributed by atoms with E-state index in [0.29, 0.717) is 13.2 Å². The standard InChI is InChI=1S/C30H36O4/c1-18-7-22(3-5-28(18)33-16-26-14-31-26)30(24-10-20-9-21(12-24)13-25(30)11-20)23-4-6-29(19(2)8-23)34-17-27-15-32-27/h3-8,20-21,24-27H,9-17H2,1-2H3. The summed E-state index contributed by atoms with van der Waals surface area (Å²) in [5.74, 6) is 5.31. The summed E-state index contributed by atoms with van der Waals surface area (Å²) in [5.41, 5.74) is 5.57. The van der Waals surface area contributed by atoms with Gasteiger partial charge >= 0.3 is 0 Å². The monoisotopic (exact) mass is 460 g/mol. The van der Waals surface area contributed by atoms with E-state index in [1.54, 1.807) is 0 Å². The van der Waals surface area contributed by atoms with Gasteiger partial charge in [-0.2, -0.15) is 0 Å². The average molecular weight is 461 g/mol. The molecule has 2 aromatic carbocycles. The molecule has 6 aliphatic rings. The van der Waals surface area contributed by atoms with Gasteiger partial charge in [0.1, 0.15) is 36.9 Å². The number of hydrogen-bond acceptors (Lipinski definition) is 4. The molecule has 34 heavy (non-hydrogen) atoms. The van der Waals surface area contributed by atoms with Crippen LogP contribution >= 0.6 is 0 Å². The van der Waals surface area contributed by atoms with Gasteiger partial charge in [0.2, 0.25) is 0 Å². The predicted molar refractivity (Wildman–Crippen MR) is 131 cm³/mol. The Balaban J connectivity index is 1.27. The zero-order valence-corrected chi connectivity index (χ0v) is 20.4. The minimum Gasteiger partial charge on any atom is -0.491 e. The van der Waals surface area contributed by atoms with Crippen molar-refractivity contribution < 1.29 is 18.9 Å². The molecule has 2 unspecified atom stereocenters. The van der Waals surface area contributed by atoms with E-state index >= 15 is 0 Å². The van der Waals surface area contributed by atoms with Gasteiger partial charge in [0, 0.05) is 5.41 Å². The molecular weight excluding hydrogens is 424 g/mol. The summed E-state index contributed by atoms with van der Waals surface area (Å²) >= 11 is 0. The molecule has 2 heterocycles. The van der Waals surface area contributed by atoms with Gasteiger partial charge < -0.3 is 18.9 Å². The minimum absolute atomic E-state index is 0.0964. The molecule has 4 heteroatoms. The van der Waals surface area contributed by atoms with Gasteiger partial charge in [-0.05, 0) is 104 Å². The lowest BCUT2D eigenvalue weighted by Gasteiger charge is -2.62. The van der Waals surface area contributed by atoms with Gasteiger partial charge in [0.15, 0.2) is 0 Å². The summed E-state index contributed by atoms with van der Waals surface area (Å²) in [4.78, 5) is 0. The number of rotatable bonds is 8. The van der Waals surface area contributed by atoms with E-state index in [4.69, 9.17) is 18.9 Å². The average Bonchev–Trinajstić information content (AvgIpc) is 3.73. The van der Waals surface area contributed by atoms with Crippen LogP contribution in [0.5, 0.6) is 11.5 Å². The number of aryl methyl sites for hydroxylation is 2. The topological polar surface area (TPSA) is 43.5 Å². The van der Waals surface area contributed by atoms with Crippen LogP contribution in [0.25, 0.3) is 0 Å². The van der Waals surface area contributed by atoms with Gasteiger partial charge in [-0.15, -0.1) is 0 Å². The normalized spacial score (nSPS) is 37.0. The highest BCUT2D eigenvalue weighted by Gasteiger charge is 2.58. The third-order valence-electron chi connectivity index (χ3n) is 9.39. The van der Waals surface area contributed by atoms with Crippen molar-refractivity contribution in [2.24, 2.45) is 23.7 Å². The first-order chi connectivity index (χ1) is 16.6. The lowest BCUT2D eigenvalue weighted by atomic mass is 9.42. The van der Waals surface area contributed by atoms with Crippen LogP contribution in [0.2, 0.25) is 0 Å². The Hall–Kier alpha value is -2.04. The molecule has 180 valence electrons. The number of ether oxygens (including phenoxy) is 4. The Labute approximate surface area is 202 Å². The van der Waals surface area contributed by atoms with E-state index in [0.717, 1.165) is 48.4 Å². The molecule has 0 amide bonds. The Morgan fingerprint density at radius 3 is 1.53 bits per heavy atom. The summed E-state index contributed by atoms with van der Waals surface area (Å²) in [6.07, 6.45) is 7.53. The molecule has 6 fully saturated rings. The van der Waals surface area contributed by atoms with Crippen molar-refractivity contribution in [2.75, 3.05) is 26.4 Å². The Morgan fingerprint density at radius 2 is 1.15 bits per heavy atom. The first-order valence-electron chi connectivity index (χ1n) is 13.3. The molecule has 4 saturated carbocycles. The van der Waals surface area contributed by atoms with Gasteiger partial charge in [-0.25, -0.2) is 0 Å². The number of benzene rings is 2. The molecule has 2 aromatic rings. The SMILES string of the molecule is Cc1cc(C2(c3ccc(OCC4CO4)c(C)c3)C3CC4CC(C3)CC2C4)ccc1OCC1CO1. The molecule has 4 aliphatic carbocycles. The second-order valence-corrected chi connectivity index (χ2v) is 11.7. The van der Waals surface area contributed by atoms with Crippen LogP contribution in [0, 0.1) is 37.5 Å². The Kier molecular flexibility index (Phi) is 5.00. The first kappa shape index (κ1) is 21.3. The first-order valence-corrected chi connectivity index (χ1v) is 13.3. The smallest absolute Gasteiger partial charge is 0.122 e. The summed E-state index contributed by atoms with van der Waals surface area (Å²) in [6, 6.07) is 14.1. The molecule has 8 rings (SSSR count). The predicted octanol–water partition coefficient (Wildman–Crippen LogP) is 5.60. The fourth-order valence-corrected chi connectivity index (χ4v) is 7.87. The van der Waals surface area contributed by atoms with Gasteiger partial charge in [0.05, 0.1) is 13.2 Å². The second-order valence-electron chi connectivity index (χ2n) is 11.7. The van der Waals surface area contributed by atoms with Crippen LogP contribution in [-0.2, 0) is 14.9 Å². The Morgan fingerprint density at radius 1 is 0.706 bits per heavy atom. The van der Waals surface area contributed by atoms with Gasteiger partial charge in [0.25, 0.3) is 0 Å². The van der Waals surface area contributed by atoms with Crippen LogP contribution in [0.4, 0.5) is 0 Å². The quantitative estimate of drug-likeness (QED) is 0.481. The van der Waals surface area contributed by atoms with Crippen molar-refractivity contribution in [3.8, 4) is 11.5 Å². The van der Waals surface area contributed by atoms with Crippen molar-refractivity contribution in [3.05, 3.63) is 58.7 Å². The molecule has 2 atom stereocenters. The summed E-state index contributed by atoms with van der Waals surface area (Å²) in [5, 5.41) is 0. The van der Waals surface area contributed by atoms with Crippen molar-refractivity contribution in [2.45, 2.75) is 63.6 Å². The van der Waals surface area contributed by atoms with Crippen molar-refractivity contribution in [1.29, 1.82) is 0 Å². The van der Waals surface area contributed by atoms with Crippen LogP contribution < -0.4 is 9.47 Å². The molecule has 2 saturated heterocycles. The van der Waals surface area contributed by atoms with Crippen molar-refractivity contribution in [1.82, 2.24) is 0 Å². The highest BCUT2D eigenvalue weighted by Crippen LogP contribution is 2.65. The molecule has 0 spiro atoms. The largest absolute Gasteiger partial charge is 0.491 e. The second kappa shape index (κ2) is 7.99. The molecule has 4 nitrogen and oxygen atoms in total. The third-order valence-corrected chi connectivity index (χ3v) is 9.39. The zero-order chi connectivity index (χ0) is 22.9. The van der Waals surface area contributed by atoms with Crippen molar-refractivity contribution in [3.63, 3.8) is 0 Å². The van der Waals surface area contributed by atoms with E-state index < -0.39 is 0 Å². The molecule has 2 aliphatic heterocycles. The molecule has 0 N–H and O–H groups in total. The molecule has 0 aromatic heterocycles. The fraction of sp³-hybridized carbons (Fsp3) is 0.600. The van der Waals surface area contributed by atoms with Crippen LogP contribution in [-0.4, -0.2) is 38.6 Å². The zero-order valence-electron chi connectivity index (χ0n) is 20.4. The van der Waals surface area contributed by atoms with Crippen LogP contribution in [0.15, 0.2) is 36.4 Å². The minimum atomic E-state index is 0.0964. The Bertz CT molecular complexity index is 988. The highest BCUT2D eigenvalue weighted by atomic mass is 16.6. The van der Waals surface area contributed by atoms with Gasteiger partial charge in [-0.3, -0.25) is 0 Å². The van der Waals surface area contributed by atoms with Crippen LogP contribution in [0.1, 0.15) is 54.4 Å². The molecule has 4 bridgehead atoms. The van der Waals surface area contributed by atoms with Gasteiger partial charge in [-0.1, -0.05) is 24.3 Å². The maximum Gasteiger partial charge on any atom is 0.122 e. The summed E-state index contributed by atoms with van der Waals surface area (Å²) in [7, 11) is 0. The van der Waals surface area contributed by atoms with E-state index in [2.05, 4.69) is 50.2 Å². The maximum atomic E-state index is 6.09.